The summed E-state index contributed by atoms with van der Waals surface area (Å²) >= 11 is 0. The van der Waals surface area contributed by atoms with E-state index < -0.39 is 17.1 Å². The van der Waals surface area contributed by atoms with Gasteiger partial charge in [0.15, 0.2) is 5.78 Å². The Balaban J connectivity index is 1.31. The maximum atomic E-state index is 14.9. The smallest absolute Gasteiger partial charge is 0.410 e. The Labute approximate surface area is 307 Å². The number of amides is 1. The van der Waals surface area contributed by atoms with Crippen LogP contribution in [0.1, 0.15) is 90.9 Å². The molecule has 0 radical (unpaired) electrons. The Kier molecular flexibility index (Phi) is 9.99. The first kappa shape index (κ1) is 35.5. The van der Waals surface area contributed by atoms with Crippen molar-refractivity contribution in [1.29, 1.82) is 0 Å². The van der Waals surface area contributed by atoms with Gasteiger partial charge in [-0.25, -0.2) is 4.79 Å². The second kappa shape index (κ2) is 14.6. The normalized spacial score (nSPS) is 24.6. The van der Waals surface area contributed by atoms with Gasteiger partial charge in [0.05, 0.1) is 33.4 Å². The SMILES string of the molecule is COc1ccc(CN2CC3(CCC4c5ccc(cc5C(=O)c5ccccc5-c5ccccc5)CC(O)CCC(C)=CCCC43C)OC2=O)c(OC)c1. The second-order valence-electron chi connectivity index (χ2n) is 15.1. The molecule has 1 spiro atoms. The number of allylic oxidation sites excluding steroid dienone is 2. The van der Waals surface area contributed by atoms with Crippen LogP contribution in [0.15, 0.2) is 103 Å². The summed E-state index contributed by atoms with van der Waals surface area (Å²) in [4.78, 5) is 30.6. The van der Waals surface area contributed by atoms with Gasteiger partial charge in [-0.15, -0.1) is 0 Å². The van der Waals surface area contributed by atoms with Crippen LogP contribution in [0.5, 0.6) is 11.5 Å². The molecule has 4 aliphatic rings. The summed E-state index contributed by atoms with van der Waals surface area (Å²) in [5.74, 6) is 1.27. The highest BCUT2D eigenvalue weighted by molar-refractivity contribution is 6.13. The number of carbonyl (C=O) groups is 2. The number of nitrogens with zero attached hydrogens (tertiary/aromatic N) is 1. The van der Waals surface area contributed by atoms with Gasteiger partial charge in [-0.05, 0) is 98.2 Å². The summed E-state index contributed by atoms with van der Waals surface area (Å²) in [6.45, 7) is 5.21. The van der Waals surface area contributed by atoms with E-state index in [0.29, 0.717) is 55.0 Å². The first-order chi connectivity index (χ1) is 25.1. The second-order valence-corrected chi connectivity index (χ2v) is 15.1. The number of aliphatic hydroxyl groups is 1. The molecule has 1 saturated heterocycles. The highest BCUT2D eigenvalue weighted by Crippen LogP contribution is 2.62. The average molecular weight is 700 g/mol. The van der Waals surface area contributed by atoms with Crippen LogP contribution >= 0.6 is 0 Å². The van der Waals surface area contributed by atoms with Crippen LogP contribution in [0.4, 0.5) is 4.79 Å². The van der Waals surface area contributed by atoms with Gasteiger partial charge >= 0.3 is 6.09 Å². The minimum Gasteiger partial charge on any atom is -0.497 e. The fourth-order valence-corrected chi connectivity index (χ4v) is 8.99. The van der Waals surface area contributed by atoms with Crippen molar-refractivity contribution in [3.8, 4) is 22.6 Å². The minimum absolute atomic E-state index is 0.0337. The van der Waals surface area contributed by atoms with E-state index in [9.17, 15) is 14.7 Å². The molecule has 52 heavy (non-hydrogen) atoms. The zero-order chi connectivity index (χ0) is 36.5. The maximum Gasteiger partial charge on any atom is 0.410 e. The lowest BCUT2D eigenvalue weighted by atomic mass is 9.64. The molecule has 0 aromatic heterocycles. The van der Waals surface area contributed by atoms with Gasteiger partial charge in [0.2, 0.25) is 0 Å². The molecule has 7 nitrogen and oxygen atoms in total. The van der Waals surface area contributed by atoms with Crippen molar-refractivity contribution in [1.82, 2.24) is 4.90 Å². The topological polar surface area (TPSA) is 85.3 Å². The van der Waals surface area contributed by atoms with Gasteiger partial charge in [0.25, 0.3) is 0 Å². The van der Waals surface area contributed by atoms with Crippen LogP contribution in [0.3, 0.4) is 0 Å². The van der Waals surface area contributed by atoms with Crippen LogP contribution in [0.25, 0.3) is 11.1 Å². The molecule has 8 rings (SSSR count). The lowest BCUT2D eigenvalue weighted by Crippen LogP contribution is -2.48. The molecular formula is C45H49NO6. The zero-order valence-electron chi connectivity index (χ0n) is 30.7. The van der Waals surface area contributed by atoms with Crippen molar-refractivity contribution < 1.29 is 28.9 Å². The third-order valence-electron chi connectivity index (χ3n) is 12.0. The molecule has 1 heterocycles. The summed E-state index contributed by atoms with van der Waals surface area (Å²) in [5.41, 5.74) is 6.02. The quantitative estimate of drug-likeness (QED) is 0.153. The molecule has 7 heteroatoms. The number of fused-ring (bicyclic) bond motifs is 8. The van der Waals surface area contributed by atoms with Crippen molar-refractivity contribution in [3.05, 3.63) is 130 Å². The largest absolute Gasteiger partial charge is 0.497 e. The van der Waals surface area contributed by atoms with E-state index in [-0.39, 0.29) is 17.8 Å². The monoisotopic (exact) mass is 699 g/mol. The predicted molar refractivity (Wildman–Crippen MR) is 203 cm³/mol. The Bertz CT molecular complexity index is 1990. The third-order valence-corrected chi connectivity index (χ3v) is 12.0. The molecule has 2 fully saturated rings. The van der Waals surface area contributed by atoms with E-state index in [0.717, 1.165) is 53.5 Å². The molecule has 2 bridgehead atoms. The van der Waals surface area contributed by atoms with Gasteiger partial charge in [0.1, 0.15) is 17.1 Å². The average Bonchev–Trinajstić information content (AvgIpc) is 3.63. The number of ketones is 1. The molecule has 3 aliphatic carbocycles. The Hall–Kier alpha value is -4.88. The summed E-state index contributed by atoms with van der Waals surface area (Å²) in [6.07, 6.45) is 6.41. The molecule has 1 N–H and O–H groups in total. The van der Waals surface area contributed by atoms with Gasteiger partial charge in [-0.3, -0.25) is 9.69 Å². The number of aliphatic hydroxyl groups excluding tert-OH is 1. The fourth-order valence-electron chi connectivity index (χ4n) is 8.99. The number of ether oxygens (including phenoxy) is 3. The third kappa shape index (κ3) is 6.63. The van der Waals surface area contributed by atoms with Crippen molar-refractivity contribution in [3.63, 3.8) is 0 Å². The van der Waals surface area contributed by atoms with Crippen LogP contribution in [-0.2, 0) is 17.7 Å². The van der Waals surface area contributed by atoms with Crippen molar-refractivity contribution in [2.45, 2.75) is 83.0 Å². The molecule has 1 aliphatic heterocycles. The molecule has 270 valence electrons. The number of methoxy groups -OCH3 is 2. The highest BCUT2D eigenvalue weighted by Gasteiger charge is 2.64. The maximum absolute atomic E-state index is 14.9. The lowest BCUT2D eigenvalue weighted by molar-refractivity contribution is -0.0373. The molecule has 1 saturated carbocycles. The number of benzene rings is 4. The zero-order valence-corrected chi connectivity index (χ0v) is 30.7. The van der Waals surface area contributed by atoms with E-state index in [4.69, 9.17) is 14.2 Å². The highest BCUT2D eigenvalue weighted by atomic mass is 16.6. The Morgan fingerprint density at radius 3 is 2.50 bits per heavy atom. The predicted octanol–water partition coefficient (Wildman–Crippen LogP) is 9.30. The Morgan fingerprint density at radius 2 is 1.71 bits per heavy atom. The minimum atomic E-state index is -0.746. The number of hydrogen-bond acceptors (Lipinski definition) is 6. The summed E-state index contributed by atoms with van der Waals surface area (Å²) in [7, 11) is 3.24. The van der Waals surface area contributed by atoms with Crippen LogP contribution in [0.2, 0.25) is 0 Å². The lowest BCUT2D eigenvalue weighted by Gasteiger charge is -2.43. The van der Waals surface area contributed by atoms with E-state index in [1.165, 1.54) is 5.57 Å². The molecular weight excluding hydrogens is 650 g/mol. The first-order valence-corrected chi connectivity index (χ1v) is 18.5. The standard InChI is InChI=1S/C45H49NO6/c1-30-11-10-23-44(2)40(22-24-45(44)29-46(43(49)52-45)28-33-18-20-35(50-3)27-41(33)51-4)37-21-17-31(25-34(47)19-16-30)26-39(37)42(48)38-15-9-8-14-36(38)32-12-6-5-7-13-32/h5-9,11-15,17-18,20-21,26-27,34,40,47H,10,16,19,22-25,28-29H2,1-4H3. The van der Waals surface area contributed by atoms with Crippen LogP contribution in [-0.4, -0.2) is 54.4 Å². The van der Waals surface area contributed by atoms with E-state index in [2.05, 4.69) is 32.1 Å². The first-order valence-electron chi connectivity index (χ1n) is 18.5. The summed E-state index contributed by atoms with van der Waals surface area (Å²) in [6, 6.07) is 29.7. The molecule has 4 aromatic rings. The number of rotatable bonds is 7. The summed E-state index contributed by atoms with van der Waals surface area (Å²) < 4.78 is 17.7. The molecule has 1 amide bonds. The van der Waals surface area contributed by atoms with Crippen molar-refractivity contribution >= 4 is 11.9 Å². The summed E-state index contributed by atoms with van der Waals surface area (Å²) in [5, 5.41) is 11.1. The van der Waals surface area contributed by atoms with Crippen molar-refractivity contribution in [2.75, 3.05) is 20.8 Å². The van der Waals surface area contributed by atoms with E-state index in [1.807, 2.05) is 78.9 Å². The van der Waals surface area contributed by atoms with Crippen LogP contribution < -0.4 is 9.47 Å². The van der Waals surface area contributed by atoms with E-state index >= 15 is 0 Å². The van der Waals surface area contributed by atoms with Gasteiger partial charge < -0.3 is 19.3 Å². The van der Waals surface area contributed by atoms with Gasteiger partial charge in [-0.1, -0.05) is 85.3 Å². The van der Waals surface area contributed by atoms with E-state index in [1.54, 1.807) is 19.1 Å². The van der Waals surface area contributed by atoms with Gasteiger partial charge in [-0.2, -0.15) is 0 Å². The number of carbonyl (C=O) groups excluding carboxylic acids is 2. The molecule has 4 atom stereocenters. The van der Waals surface area contributed by atoms with Gasteiger partial charge in [0, 0.05) is 28.2 Å². The Morgan fingerprint density at radius 1 is 0.923 bits per heavy atom. The molecule has 4 unspecified atom stereocenters. The fraction of sp³-hybridized carbons (Fsp3) is 0.378. The van der Waals surface area contributed by atoms with Crippen molar-refractivity contribution in [2.24, 2.45) is 5.41 Å². The molecule has 4 aromatic carbocycles. The number of hydrogen-bond donors (Lipinski definition) is 1. The van der Waals surface area contributed by atoms with Crippen LogP contribution in [0, 0.1) is 5.41 Å².